The van der Waals surface area contributed by atoms with Crippen LogP contribution in [0.15, 0.2) is 54.6 Å². The van der Waals surface area contributed by atoms with E-state index in [4.69, 9.17) is 10.5 Å². The molecule has 2 aliphatic heterocycles. The smallest absolute Gasteiger partial charge is 0.316 e. The lowest BCUT2D eigenvalue weighted by molar-refractivity contribution is -0.161. The van der Waals surface area contributed by atoms with E-state index in [-0.39, 0.29) is 30.8 Å². The summed E-state index contributed by atoms with van der Waals surface area (Å²) in [6.07, 6.45) is -1.13. The number of hydrogen-bond acceptors (Lipinski definition) is 6. The predicted octanol–water partition coefficient (Wildman–Crippen LogP) is 1.33. The minimum atomic E-state index is -1.13. The second-order valence-corrected chi connectivity index (χ2v) is 9.20. The Morgan fingerprint density at radius 1 is 1.00 bits per heavy atom. The van der Waals surface area contributed by atoms with Gasteiger partial charge in [-0.2, -0.15) is 0 Å². The highest BCUT2D eigenvalue weighted by Crippen LogP contribution is 2.35. The minimum Gasteiger partial charge on any atom is -0.451 e. The number of nitrogens with two attached hydrogens (primary N) is 1. The van der Waals surface area contributed by atoms with E-state index in [9.17, 15) is 24.0 Å². The molecular formula is C25H25N3O6. The lowest BCUT2D eigenvalue weighted by atomic mass is 9.89. The van der Waals surface area contributed by atoms with Crippen molar-refractivity contribution in [1.29, 1.82) is 0 Å². The number of esters is 1. The van der Waals surface area contributed by atoms with Gasteiger partial charge in [0.15, 0.2) is 6.10 Å². The SMILES string of the molecule is CC1(C)CN(CC(N)=O)C(=O)[C@H]1OC(=O)[C@@H](CN1C(=O)c2ccccc2C1=O)c1ccccc1. The first-order chi connectivity index (χ1) is 16.1. The van der Waals surface area contributed by atoms with Crippen molar-refractivity contribution in [2.24, 2.45) is 11.1 Å². The van der Waals surface area contributed by atoms with Crippen LogP contribution in [0.2, 0.25) is 0 Å². The molecule has 2 aromatic carbocycles. The Morgan fingerprint density at radius 3 is 2.12 bits per heavy atom. The number of benzene rings is 2. The molecule has 9 nitrogen and oxygen atoms in total. The summed E-state index contributed by atoms with van der Waals surface area (Å²) in [5.41, 5.74) is 5.57. The molecule has 2 atom stereocenters. The summed E-state index contributed by atoms with van der Waals surface area (Å²) < 4.78 is 5.69. The van der Waals surface area contributed by atoms with Crippen LogP contribution in [-0.4, -0.2) is 65.1 Å². The van der Waals surface area contributed by atoms with E-state index < -0.39 is 47.0 Å². The van der Waals surface area contributed by atoms with Gasteiger partial charge in [0.2, 0.25) is 5.91 Å². The summed E-state index contributed by atoms with van der Waals surface area (Å²) in [6, 6.07) is 15.1. The average molecular weight is 463 g/mol. The highest BCUT2D eigenvalue weighted by Gasteiger charge is 2.50. The zero-order valence-electron chi connectivity index (χ0n) is 18.9. The first kappa shape index (κ1) is 23.2. The zero-order valence-corrected chi connectivity index (χ0v) is 18.9. The van der Waals surface area contributed by atoms with Crippen molar-refractivity contribution in [3.05, 3.63) is 71.3 Å². The van der Waals surface area contributed by atoms with E-state index in [2.05, 4.69) is 0 Å². The fraction of sp³-hybridized carbons (Fsp3) is 0.320. The summed E-state index contributed by atoms with van der Waals surface area (Å²) in [5.74, 6) is -3.89. The first-order valence-electron chi connectivity index (χ1n) is 10.9. The van der Waals surface area contributed by atoms with Gasteiger partial charge in [-0.1, -0.05) is 56.3 Å². The molecule has 0 unspecified atom stereocenters. The lowest BCUT2D eigenvalue weighted by Gasteiger charge is -2.27. The normalized spacial score (nSPS) is 19.8. The molecule has 0 bridgehead atoms. The number of primary amides is 1. The molecule has 2 N–H and O–H groups in total. The quantitative estimate of drug-likeness (QED) is 0.488. The van der Waals surface area contributed by atoms with E-state index in [1.165, 1.54) is 4.90 Å². The number of fused-ring (bicyclic) bond motifs is 1. The van der Waals surface area contributed by atoms with Crippen LogP contribution in [0.4, 0.5) is 0 Å². The lowest BCUT2D eigenvalue weighted by Crippen LogP contribution is -2.41. The summed E-state index contributed by atoms with van der Waals surface area (Å²) in [4.78, 5) is 65.7. The van der Waals surface area contributed by atoms with Crippen molar-refractivity contribution in [2.75, 3.05) is 19.6 Å². The minimum absolute atomic E-state index is 0.196. The molecule has 0 spiro atoms. The maximum Gasteiger partial charge on any atom is 0.316 e. The Morgan fingerprint density at radius 2 is 1.56 bits per heavy atom. The molecule has 0 saturated carbocycles. The Balaban J connectivity index is 1.60. The third-order valence-corrected chi connectivity index (χ3v) is 6.15. The molecule has 2 heterocycles. The number of imide groups is 1. The molecule has 34 heavy (non-hydrogen) atoms. The van der Waals surface area contributed by atoms with Crippen LogP contribution < -0.4 is 5.73 Å². The number of ether oxygens (including phenoxy) is 1. The molecular weight excluding hydrogens is 438 g/mol. The molecule has 1 saturated heterocycles. The third kappa shape index (κ3) is 4.16. The van der Waals surface area contributed by atoms with Crippen molar-refractivity contribution in [3.63, 3.8) is 0 Å². The first-order valence-corrected chi connectivity index (χ1v) is 10.9. The zero-order chi connectivity index (χ0) is 24.6. The highest BCUT2D eigenvalue weighted by atomic mass is 16.6. The van der Waals surface area contributed by atoms with Crippen LogP contribution in [0.25, 0.3) is 0 Å². The van der Waals surface area contributed by atoms with Crippen molar-refractivity contribution in [3.8, 4) is 0 Å². The fourth-order valence-electron chi connectivity index (χ4n) is 4.47. The molecule has 0 radical (unpaired) electrons. The summed E-state index contributed by atoms with van der Waals surface area (Å²) in [5, 5.41) is 0. The van der Waals surface area contributed by atoms with Crippen molar-refractivity contribution in [1.82, 2.24) is 9.80 Å². The molecule has 4 amide bonds. The maximum atomic E-state index is 13.4. The Labute approximate surface area is 196 Å². The van der Waals surface area contributed by atoms with E-state index in [1.807, 2.05) is 0 Å². The predicted molar refractivity (Wildman–Crippen MR) is 120 cm³/mol. The Kier molecular flexibility index (Phi) is 5.95. The van der Waals surface area contributed by atoms with Gasteiger partial charge in [0.25, 0.3) is 17.7 Å². The van der Waals surface area contributed by atoms with Gasteiger partial charge in [0.1, 0.15) is 5.92 Å². The average Bonchev–Trinajstić information content (AvgIpc) is 3.16. The highest BCUT2D eigenvalue weighted by molar-refractivity contribution is 6.21. The van der Waals surface area contributed by atoms with Crippen LogP contribution in [0.5, 0.6) is 0 Å². The topological polar surface area (TPSA) is 127 Å². The standard InChI is InChI=1S/C25H25N3O6/c1-25(2)14-27(13-19(26)29)23(32)20(25)34-24(33)18(15-8-4-3-5-9-15)12-28-21(30)16-10-6-7-11-17(16)22(28)31/h3-11,18,20H,12-14H2,1-2H3,(H2,26,29)/t18-,20+/m0/s1. The van der Waals surface area contributed by atoms with Gasteiger partial charge in [-0.05, 0) is 17.7 Å². The van der Waals surface area contributed by atoms with Gasteiger partial charge >= 0.3 is 5.97 Å². The van der Waals surface area contributed by atoms with Gasteiger partial charge in [-0.15, -0.1) is 0 Å². The molecule has 4 rings (SSSR count). The largest absolute Gasteiger partial charge is 0.451 e. The number of likely N-dealkylation sites (tertiary alicyclic amines) is 1. The van der Waals surface area contributed by atoms with Crippen molar-refractivity contribution >= 4 is 29.6 Å². The molecule has 0 aliphatic carbocycles. The Bertz CT molecular complexity index is 1140. The van der Waals surface area contributed by atoms with Crippen LogP contribution in [0.3, 0.4) is 0 Å². The number of carbonyl (C=O) groups is 5. The van der Waals surface area contributed by atoms with Gasteiger partial charge in [-0.25, -0.2) is 0 Å². The summed E-state index contributed by atoms with van der Waals surface area (Å²) in [6.45, 7) is 3.20. The molecule has 1 fully saturated rings. The number of nitrogens with zero attached hydrogens (tertiary/aromatic N) is 2. The summed E-state index contributed by atoms with van der Waals surface area (Å²) in [7, 11) is 0. The number of rotatable bonds is 7. The van der Waals surface area contributed by atoms with Gasteiger partial charge in [-0.3, -0.25) is 28.9 Å². The molecule has 0 aromatic heterocycles. The van der Waals surface area contributed by atoms with Crippen molar-refractivity contribution < 1.29 is 28.7 Å². The van der Waals surface area contributed by atoms with E-state index in [1.54, 1.807) is 68.4 Å². The number of hydrogen-bond donors (Lipinski definition) is 1. The fourth-order valence-corrected chi connectivity index (χ4v) is 4.47. The molecule has 176 valence electrons. The van der Waals surface area contributed by atoms with Crippen LogP contribution in [0, 0.1) is 5.41 Å². The summed E-state index contributed by atoms with van der Waals surface area (Å²) >= 11 is 0. The van der Waals surface area contributed by atoms with Crippen LogP contribution in [-0.2, 0) is 19.1 Å². The van der Waals surface area contributed by atoms with E-state index in [0.717, 1.165) is 4.90 Å². The Hall–Kier alpha value is -4.01. The second-order valence-electron chi connectivity index (χ2n) is 9.20. The van der Waals surface area contributed by atoms with E-state index in [0.29, 0.717) is 5.56 Å². The van der Waals surface area contributed by atoms with Crippen LogP contribution >= 0.6 is 0 Å². The van der Waals surface area contributed by atoms with Crippen molar-refractivity contribution in [2.45, 2.75) is 25.9 Å². The van der Waals surface area contributed by atoms with E-state index >= 15 is 0 Å². The van der Waals surface area contributed by atoms with Crippen LogP contribution in [0.1, 0.15) is 46.0 Å². The second kappa shape index (κ2) is 8.74. The molecule has 2 aromatic rings. The third-order valence-electron chi connectivity index (χ3n) is 6.15. The van der Waals surface area contributed by atoms with Gasteiger partial charge < -0.3 is 15.4 Å². The van der Waals surface area contributed by atoms with Gasteiger partial charge in [0, 0.05) is 18.5 Å². The van der Waals surface area contributed by atoms with Gasteiger partial charge in [0.05, 0.1) is 17.7 Å². The maximum absolute atomic E-state index is 13.4. The number of carbonyl (C=O) groups excluding carboxylic acids is 5. The number of amides is 4. The molecule has 2 aliphatic rings. The molecule has 9 heteroatoms. The monoisotopic (exact) mass is 463 g/mol.